The molecule has 0 saturated heterocycles. The zero-order valence-electron chi connectivity index (χ0n) is 29.0. The van der Waals surface area contributed by atoms with Crippen LogP contribution in [0, 0.1) is 0 Å². The van der Waals surface area contributed by atoms with Gasteiger partial charge in [0.05, 0.1) is 0 Å². The van der Waals surface area contributed by atoms with Crippen LogP contribution in [0.15, 0.2) is 48.5 Å². The molecule has 0 heterocycles. The van der Waals surface area contributed by atoms with Crippen molar-refractivity contribution in [2.45, 2.75) is 162 Å². The molecule has 0 atom stereocenters. The molecule has 2 rings (SSSR count). The molecule has 0 spiro atoms. The third kappa shape index (κ3) is 14.3. The molecule has 0 aliphatic heterocycles. The van der Waals surface area contributed by atoms with Gasteiger partial charge in [0.1, 0.15) is 0 Å². The van der Waals surface area contributed by atoms with E-state index in [2.05, 4.69) is 90.1 Å². The number of hydrogen-bond acceptors (Lipinski definition) is 3. The second kappa shape index (κ2) is 23.0. The van der Waals surface area contributed by atoms with Crippen molar-refractivity contribution in [3.8, 4) is 11.5 Å². The monoisotopic (exact) mass is 810 g/mol. The van der Waals surface area contributed by atoms with Gasteiger partial charge in [-0.05, 0) is 0 Å². The van der Waals surface area contributed by atoms with Gasteiger partial charge in [-0.3, -0.25) is 0 Å². The zero-order chi connectivity index (χ0) is 31.2. The molecule has 2 aromatic rings. The van der Waals surface area contributed by atoms with Gasteiger partial charge >= 0.3 is 279 Å². The SMILES string of the molecule is CCCCCc1ccccc1[O][Sn]([CH2]CCC)([CH2]CCC)[O][Sn]([CH2]CCC)([CH2]CCC)[O]c1ccccc1CCCCC. The van der Waals surface area contributed by atoms with Crippen LogP contribution < -0.4 is 6.15 Å². The Hall–Kier alpha value is -0.403. The van der Waals surface area contributed by atoms with Gasteiger partial charge in [-0.1, -0.05) is 0 Å². The Morgan fingerprint density at radius 2 is 0.744 bits per heavy atom. The van der Waals surface area contributed by atoms with Crippen molar-refractivity contribution in [1.82, 2.24) is 0 Å². The average molecular weight is 808 g/mol. The molecule has 3 nitrogen and oxygen atoms in total. The molecule has 0 amide bonds. The van der Waals surface area contributed by atoms with Crippen molar-refractivity contribution in [2.24, 2.45) is 0 Å². The van der Waals surface area contributed by atoms with E-state index < -0.39 is 38.4 Å². The molecule has 2 aromatic carbocycles. The van der Waals surface area contributed by atoms with Gasteiger partial charge in [0.25, 0.3) is 0 Å². The Balaban J connectivity index is 2.60. The number of rotatable bonds is 26. The van der Waals surface area contributed by atoms with E-state index in [0.29, 0.717) is 0 Å². The third-order valence-electron chi connectivity index (χ3n) is 8.65. The quantitative estimate of drug-likeness (QED) is 0.0700. The minimum atomic E-state index is -3.65. The normalized spacial score (nSPS) is 12.0. The van der Waals surface area contributed by atoms with Crippen LogP contribution in [0.1, 0.15) is 143 Å². The predicted octanol–water partition coefficient (Wildman–Crippen LogP) is 12.7. The molecular weight excluding hydrogens is 742 g/mol. The van der Waals surface area contributed by atoms with Crippen molar-refractivity contribution >= 4 is 38.4 Å². The number of hydrogen-bond donors (Lipinski definition) is 0. The summed E-state index contributed by atoms with van der Waals surface area (Å²) in [6.45, 7) is 13.9. The van der Waals surface area contributed by atoms with Crippen molar-refractivity contribution in [3.05, 3.63) is 59.7 Å². The van der Waals surface area contributed by atoms with Crippen LogP contribution in [0.3, 0.4) is 0 Å². The first-order valence-corrected chi connectivity index (χ1v) is 31.0. The van der Waals surface area contributed by atoms with E-state index in [1.54, 1.807) is 0 Å². The summed E-state index contributed by atoms with van der Waals surface area (Å²) >= 11 is -7.29. The van der Waals surface area contributed by atoms with Crippen molar-refractivity contribution in [3.63, 3.8) is 0 Å². The van der Waals surface area contributed by atoms with E-state index in [0.717, 1.165) is 42.1 Å². The van der Waals surface area contributed by atoms with Crippen LogP contribution in [0.4, 0.5) is 0 Å². The summed E-state index contributed by atoms with van der Waals surface area (Å²) in [7, 11) is 0. The number of para-hydroxylation sites is 2. The fourth-order valence-corrected chi connectivity index (χ4v) is 47.9. The van der Waals surface area contributed by atoms with Crippen LogP contribution in [-0.2, 0) is 14.3 Å². The average Bonchev–Trinajstić information content (AvgIpc) is 3.02. The number of benzene rings is 2. The minimum absolute atomic E-state index is 1.09. The maximum absolute atomic E-state index is 7.98. The molecule has 0 N–H and O–H groups in total. The van der Waals surface area contributed by atoms with Gasteiger partial charge in [-0.25, -0.2) is 0 Å². The Bertz CT molecular complexity index is 886. The molecule has 0 unspecified atom stereocenters. The van der Waals surface area contributed by atoms with E-state index in [-0.39, 0.29) is 0 Å². The van der Waals surface area contributed by atoms with Crippen molar-refractivity contribution < 1.29 is 7.56 Å². The number of unbranched alkanes of at least 4 members (excludes halogenated alkanes) is 8. The molecule has 0 aromatic heterocycles. The maximum atomic E-state index is 7.98. The fraction of sp³-hybridized carbons (Fsp3) is 0.684. The Labute approximate surface area is 277 Å². The summed E-state index contributed by atoms with van der Waals surface area (Å²) in [5.41, 5.74) is 2.75. The first-order valence-electron chi connectivity index (χ1n) is 18.2. The van der Waals surface area contributed by atoms with Gasteiger partial charge in [0.15, 0.2) is 0 Å². The fourth-order valence-electron chi connectivity index (χ4n) is 5.97. The van der Waals surface area contributed by atoms with E-state index in [1.165, 1.54) is 101 Å². The van der Waals surface area contributed by atoms with Crippen molar-refractivity contribution in [2.75, 3.05) is 0 Å². The zero-order valence-corrected chi connectivity index (χ0v) is 34.7. The summed E-state index contributed by atoms with van der Waals surface area (Å²) in [5.74, 6) is 2.24. The Morgan fingerprint density at radius 1 is 0.419 bits per heavy atom. The molecule has 0 saturated carbocycles. The number of aryl methyl sites for hydroxylation is 2. The van der Waals surface area contributed by atoms with Crippen LogP contribution in [0.2, 0.25) is 17.7 Å². The summed E-state index contributed by atoms with van der Waals surface area (Å²) in [5, 5.41) is 0. The Morgan fingerprint density at radius 3 is 1.07 bits per heavy atom. The molecule has 0 radical (unpaired) electrons. The van der Waals surface area contributed by atoms with Crippen LogP contribution in [0.25, 0.3) is 0 Å². The summed E-state index contributed by atoms with van der Waals surface area (Å²) in [4.78, 5) is 0. The summed E-state index contributed by atoms with van der Waals surface area (Å²) in [6, 6.07) is 17.8. The first-order chi connectivity index (χ1) is 21.0. The van der Waals surface area contributed by atoms with E-state index in [4.69, 9.17) is 7.56 Å². The van der Waals surface area contributed by atoms with E-state index in [1.807, 2.05) is 0 Å². The van der Waals surface area contributed by atoms with Crippen LogP contribution in [0.5, 0.6) is 11.5 Å². The van der Waals surface area contributed by atoms with Gasteiger partial charge in [-0.15, -0.1) is 0 Å². The van der Waals surface area contributed by atoms with Gasteiger partial charge in [-0.2, -0.15) is 0 Å². The van der Waals surface area contributed by atoms with Gasteiger partial charge < -0.3 is 0 Å². The standard InChI is InChI=1S/2C11H16O.4C4H9.O.2Sn/c2*1-2-3-4-7-10-8-5-6-9-11(10)12;4*1-3-4-2;;;/h2*5-6,8-9,12H,2-4,7H2,1H3;4*1,3-4H2,2H3;;;/q;;;;;;;2*+1/p-2. The van der Waals surface area contributed by atoms with Crippen LogP contribution >= 0.6 is 0 Å². The topological polar surface area (TPSA) is 27.7 Å². The second-order valence-electron chi connectivity index (χ2n) is 12.7. The molecule has 0 aliphatic carbocycles. The molecule has 43 heavy (non-hydrogen) atoms. The van der Waals surface area contributed by atoms with Gasteiger partial charge in [0, 0.05) is 0 Å². The first kappa shape index (κ1) is 38.8. The Kier molecular flexibility index (Phi) is 20.7. The van der Waals surface area contributed by atoms with E-state index >= 15 is 0 Å². The molecule has 0 bridgehead atoms. The summed E-state index contributed by atoms with van der Waals surface area (Å²) in [6.07, 6.45) is 19.1. The third-order valence-corrected chi connectivity index (χ3v) is 41.1. The van der Waals surface area contributed by atoms with Crippen LogP contribution in [-0.4, -0.2) is 38.4 Å². The molecular formula is C38H66O3Sn2. The predicted molar refractivity (Wildman–Crippen MR) is 192 cm³/mol. The second-order valence-corrected chi connectivity index (χ2v) is 34.4. The molecule has 5 heteroatoms. The van der Waals surface area contributed by atoms with Crippen molar-refractivity contribution in [1.29, 1.82) is 0 Å². The van der Waals surface area contributed by atoms with Gasteiger partial charge in [0.2, 0.25) is 0 Å². The summed E-state index contributed by atoms with van der Waals surface area (Å²) < 4.78 is 27.5. The molecule has 0 aliphatic rings. The van der Waals surface area contributed by atoms with E-state index in [9.17, 15) is 0 Å². The molecule has 244 valence electrons. The molecule has 0 fully saturated rings.